The molecule has 0 radical (unpaired) electrons. The fourth-order valence-corrected chi connectivity index (χ4v) is 3.80. The summed E-state index contributed by atoms with van der Waals surface area (Å²) in [6.45, 7) is 9.23. The fourth-order valence-electron chi connectivity index (χ4n) is 3.80. The topological polar surface area (TPSA) is 50.8 Å². The SMILES string of the molecule is COc1ccc(C(CNC(=O)COc2ccc(C(C)(C)C)cc2)N2CCCC2)cc1. The van der Waals surface area contributed by atoms with Gasteiger partial charge in [-0.25, -0.2) is 0 Å². The summed E-state index contributed by atoms with van der Waals surface area (Å²) < 4.78 is 11.0. The first-order valence-electron chi connectivity index (χ1n) is 10.7. The number of methoxy groups -OCH3 is 1. The molecule has 0 aromatic heterocycles. The summed E-state index contributed by atoms with van der Waals surface area (Å²) >= 11 is 0. The van der Waals surface area contributed by atoms with Crippen molar-refractivity contribution >= 4 is 5.91 Å². The quantitative estimate of drug-likeness (QED) is 0.704. The molecule has 0 aliphatic carbocycles. The number of ether oxygens (including phenoxy) is 2. The average molecular weight is 411 g/mol. The molecule has 2 aromatic carbocycles. The number of nitrogens with zero attached hydrogens (tertiary/aromatic N) is 1. The van der Waals surface area contributed by atoms with E-state index in [1.54, 1.807) is 7.11 Å². The highest BCUT2D eigenvalue weighted by atomic mass is 16.5. The third-order valence-electron chi connectivity index (χ3n) is 5.66. The zero-order valence-corrected chi connectivity index (χ0v) is 18.6. The van der Waals surface area contributed by atoms with Crippen LogP contribution < -0.4 is 14.8 Å². The van der Waals surface area contributed by atoms with E-state index >= 15 is 0 Å². The molecule has 2 aromatic rings. The van der Waals surface area contributed by atoms with E-state index in [1.807, 2.05) is 24.3 Å². The number of likely N-dealkylation sites (tertiary alicyclic amines) is 1. The van der Waals surface area contributed by atoms with Crippen LogP contribution >= 0.6 is 0 Å². The lowest BCUT2D eigenvalue weighted by atomic mass is 9.87. The zero-order chi connectivity index (χ0) is 21.6. The molecule has 1 aliphatic rings. The van der Waals surface area contributed by atoms with Crippen molar-refractivity contribution in [2.45, 2.75) is 45.1 Å². The van der Waals surface area contributed by atoms with E-state index in [0.717, 1.165) is 18.8 Å². The number of carbonyl (C=O) groups excluding carboxylic acids is 1. The van der Waals surface area contributed by atoms with Gasteiger partial charge in [-0.05, 0) is 66.7 Å². The van der Waals surface area contributed by atoms with Gasteiger partial charge in [0.05, 0.1) is 13.2 Å². The van der Waals surface area contributed by atoms with E-state index < -0.39 is 0 Å². The normalized spacial score (nSPS) is 15.6. The van der Waals surface area contributed by atoms with Crippen molar-refractivity contribution in [2.75, 3.05) is 33.4 Å². The molecule has 162 valence electrons. The van der Waals surface area contributed by atoms with Crippen molar-refractivity contribution in [1.29, 1.82) is 0 Å². The van der Waals surface area contributed by atoms with E-state index in [-0.39, 0.29) is 24.0 Å². The van der Waals surface area contributed by atoms with Crippen LogP contribution in [0.1, 0.15) is 50.8 Å². The van der Waals surface area contributed by atoms with Gasteiger partial charge in [0.25, 0.3) is 5.91 Å². The van der Waals surface area contributed by atoms with Crippen LogP contribution in [-0.4, -0.2) is 44.2 Å². The first kappa shape index (κ1) is 22.2. The highest BCUT2D eigenvalue weighted by molar-refractivity contribution is 5.77. The van der Waals surface area contributed by atoms with Gasteiger partial charge in [0.15, 0.2) is 6.61 Å². The Bertz CT molecular complexity index is 804. The van der Waals surface area contributed by atoms with Crippen LogP contribution in [0.25, 0.3) is 0 Å². The number of amides is 1. The Morgan fingerprint density at radius 1 is 1.00 bits per heavy atom. The average Bonchev–Trinajstić information content (AvgIpc) is 3.27. The minimum absolute atomic E-state index is 0.0181. The highest BCUT2D eigenvalue weighted by Crippen LogP contribution is 2.26. The van der Waals surface area contributed by atoms with Crippen LogP contribution in [0.2, 0.25) is 0 Å². The highest BCUT2D eigenvalue weighted by Gasteiger charge is 2.24. The van der Waals surface area contributed by atoms with E-state index in [2.05, 4.69) is 55.3 Å². The molecule has 3 rings (SSSR count). The Labute approximate surface area is 180 Å². The number of hydrogen-bond acceptors (Lipinski definition) is 4. The monoisotopic (exact) mass is 410 g/mol. The molecular weight excluding hydrogens is 376 g/mol. The number of carbonyl (C=O) groups is 1. The van der Waals surface area contributed by atoms with Gasteiger partial charge >= 0.3 is 0 Å². The summed E-state index contributed by atoms with van der Waals surface area (Å²) in [5.41, 5.74) is 2.53. The summed E-state index contributed by atoms with van der Waals surface area (Å²) in [7, 11) is 1.67. The third-order valence-corrected chi connectivity index (χ3v) is 5.66. The predicted molar refractivity (Wildman–Crippen MR) is 120 cm³/mol. The minimum Gasteiger partial charge on any atom is -0.497 e. The molecule has 1 atom stereocenters. The number of nitrogens with one attached hydrogen (secondary N) is 1. The fraction of sp³-hybridized carbons (Fsp3) is 0.480. The van der Waals surface area contributed by atoms with Crippen LogP contribution in [0.4, 0.5) is 0 Å². The summed E-state index contributed by atoms with van der Waals surface area (Å²) in [4.78, 5) is 14.9. The molecule has 0 bridgehead atoms. The lowest BCUT2D eigenvalue weighted by Gasteiger charge is -2.28. The zero-order valence-electron chi connectivity index (χ0n) is 18.6. The molecule has 5 nitrogen and oxygen atoms in total. The molecule has 1 saturated heterocycles. The van der Waals surface area contributed by atoms with E-state index in [1.165, 1.54) is 24.0 Å². The lowest BCUT2D eigenvalue weighted by molar-refractivity contribution is -0.123. The summed E-state index contributed by atoms with van der Waals surface area (Å²) in [6, 6.07) is 16.3. The lowest BCUT2D eigenvalue weighted by Crippen LogP contribution is -2.38. The second kappa shape index (κ2) is 9.98. The standard InChI is InChI=1S/C25H34N2O3/c1-25(2,3)20-9-13-22(14-10-20)30-18-24(28)26-17-23(27-15-5-6-16-27)19-7-11-21(29-4)12-8-19/h7-14,23H,5-6,15-18H2,1-4H3,(H,26,28). The van der Waals surface area contributed by atoms with Crippen molar-refractivity contribution in [3.63, 3.8) is 0 Å². The molecule has 1 unspecified atom stereocenters. The third kappa shape index (κ3) is 5.99. The maximum Gasteiger partial charge on any atom is 0.258 e. The van der Waals surface area contributed by atoms with Crippen molar-refractivity contribution in [3.8, 4) is 11.5 Å². The molecule has 1 N–H and O–H groups in total. The molecule has 5 heteroatoms. The van der Waals surface area contributed by atoms with Crippen molar-refractivity contribution in [3.05, 3.63) is 59.7 Å². The molecule has 30 heavy (non-hydrogen) atoms. The Morgan fingerprint density at radius 3 is 2.17 bits per heavy atom. The Hall–Kier alpha value is -2.53. The van der Waals surface area contributed by atoms with Gasteiger partial charge in [-0.3, -0.25) is 9.69 Å². The van der Waals surface area contributed by atoms with Crippen LogP contribution in [0.5, 0.6) is 11.5 Å². The van der Waals surface area contributed by atoms with E-state index in [4.69, 9.17) is 9.47 Å². The van der Waals surface area contributed by atoms with Gasteiger partial charge in [-0.2, -0.15) is 0 Å². The first-order valence-corrected chi connectivity index (χ1v) is 10.7. The van der Waals surface area contributed by atoms with E-state index in [9.17, 15) is 4.79 Å². The molecular formula is C25H34N2O3. The van der Waals surface area contributed by atoms with Crippen LogP contribution in [-0.2, 0) is 10.2 Å². The van der Waals surface area contributed by atoms with Crippen LogP contribution in [0.15, 0.2) is 48.5 Å². The predicted octanol–water partition coefficient (Wildman–Crippen LogP) is 4.32. The number of benzene rings is 2. The van der Waals surface area contributed by atoms with Gasteiger partial charge in [-0.1, -0.05) is 45.0 Å². The smallest absolute Gasteiger partial charge is 0.258 e. The number of hydrogen-bond donors (Lipinski definition) is 1. The first-order chi connectivity index (χ1) is 14.4. The molecule has 0 saturated carbocycles. The summed E-state index contributed by atoms with van der Waals surface area (Å²) in [6.07, 6.45) is 2.41. The number of rotatable bonds is 8. The van der Waals surface area contributed by atoms with Crippen molar-refractivity contribution < 1.29 is 14.3 Å². The minimum atomic E-state index is -0.104. The Kier molecular flexibility index (Phi) is 7.38. The largest absolute Gasteiger partial charge is 0.497 e. The van der Waals surface area contributed by atoms with Gasteiger partial charge in [0.1, 0.15) is 11.5 Å². The Balaban J connectivity index is 1.54. The second-order valence-corrected chi connectivity index (χ2v) is 8.90. The maximum atomic E-state index is 12.4. The van der Waals surface area contributed by atoms with E-state index in [0.29, 0.717) is 12.3 Å². The van der Waals surface area contributed by atoms with Gasteiger partial charge in [0.2, 0.25) is 0 Å². The molecule has 0 spiro atoms. The van der Waals surface area contributed by atoms with Gasteiger partial charge in [0, 0.05) is 6.54 Å². The van der Waals surface area contributed by atoms with Crippen molar-refractivity contribution in [2.24, 2.45) is 0 Å². The molecule has 1 aliphatic heterocycles. The molecule has 1 fully saturated rings. The van der Waals surface area contributed by atoms with Gasteiger partial charge in [-0.15, -0.1) is 0 Å². The summed E-state index contributed by atoms with van der Waals surface area (Å²) in [5.74, 6) is 1.45. The molecule has 1 amide bonds. The van der Waals surface area contributed by atoms with Gasteiger partial charge < -0.3 is 14.8 Å². The summed E-state index contributed by atoms with van der Waals surface area (Å²) in [5, 5.41) is 3.06. The maximum absolute atomic E-state index is 12.4. The van der Waals surface area contributed by atoms with Crippen LogP contribution in [0, 0.1) is 0 Å². The second-order valence-electron chi connectivity index (χ2n) is 8.90. The molecule has 1 heterocycles. The Morgan fingerprint density at radius 2 is 1.60 bits per heavy atom. The van der Waals surface area contributed by atoms with Crippen LogP contribution in [0.3, 0.4) is 0 Å². The van der Waals surface area contributed by atoms with Crippen molar-refractivity contribution in [1.82, 2.24) is 10.2 Å².